The minimum absolute atomic E-state index is 0.0149. The highest BCUT2D eigenvalue weighted by Crippen LogP contribution is 2.21. The van der Waals surface area contributed by atoms with Crippen LogP contribution in [0.4, 0.5) is 5.69 Å². The maximum absolute atomic E-state index is 12.5. The van der Waals surface area contributed by atoms with Crippen molar-refractivity contribution in [2.45, 2.75) is 12.8 Å². The maximum atomic E-state index is 12.5. The number of amides is 2. The van der Waals surface area contributed by atoms with Crippen LogP contribution in [0.2, 0.25) is 5.02 Å². The molecule has 0 unspecified atom stereocenters. The highest BCUT2D eigenvalue weighted by molar-refractivity contribution is 7.88. The first kappa shape index (κ1) is 21.9. The van der Waals surface area contributed by atoms with Gasteiger partial charge in [0.05, 0.1) is 6.26 Å². The van der Waals surface area contributed by atoms with Gasteiger partial charge < -0.3 is 14.7 Å². The fourth-order valence-electron chi connectivity index (χ4n) is 3.69. The Morgan fingerprint density at radius 2 is 1.41 bits per heavy atom. The Bertz CT molecular complexity index is 848. The molecule has 3 rings (SSSR count). The largest absolute Gasteiger partial charge is 0.368 e. The van der Waals surface area contributed by atoms with E-state index in [0.29, 0.717) is 44.3 Å². The quantitative estimate of drug-likeness (QED) is 0.676. The van der Waals surface area contributed by atoms with Gasteiger partial charge in [-0.2, -0.15) is 4.31 Å². The third-order valence-corrected chi connectivity index (χ3v) is 6.96. The molecule has 0 saturated carbocycles. The normalized spacial score (nSPS) is 18.8. The molecule has 2 amide bonds. The van der Waals surface area contributed by atoms with Gasteiger partial charge in [-0.3, -0.25) is 9.59 Å². The molecule has 1 aromatic rings. The van der Waals surface area contributed by atoms with Gasteiger partial charge in [-0.25, -0.2) is 8.42 Å². The van der Waals surface area contributed by atoms with Crippen molar-refractivity contribution < 1.29 is 18.0 Å². The van der Waals surface area contributed by atoms with Crippen molar-refractivity contribution in [3.8, 4) is 0 Å². The number of anilines is 1. The first-order valence-electron chi connectivity index (χ1n) is 9.75. The summed E-state index contributed by atoms with van der Waals surface area (Å²) < 4.78 is 24.5. The second-order valence-electron chi connectivity index (χ2n) is 7.39. The number of carbonyl (C=O) groups excluding carboxylic acids is 2. The SMILES string of the molecule is CS(=O)(=O)N1CCN(C(=O)CCC(=O)N2CCN(c3cccc(Cl)c3)CC2)CC1. The van der Waals surface area contributed by atoms with Gasteiger partial charge in [0.25, 0.3) is 0 Å². The molecule has 29 heavy (non-hydrogen) atoms. The van der Waals surface area contributed by atoms with Crippen molar-refractivity contribution in [3.63, 3.8) is 0 Å². The zero-order valence-electron chi connectivity index (χ0n) is 16.6. The standard InChI is InChI=1S/C19H27ClN4O4S/c1-29(27,28)24-13-11-23(12-14-24)19(26)6-5-18(25)22-9-7-21(8-10-22)17-4-2-3-16(20)15-17/h2-4,15H,5-14H2,1H3. The molecule has 0 atom stereocenters. The van der Waals surface area contributed by atoms with Gasteiger partial charge >= 0.3 is 0 Å². The number of hydrogen-bond donors (Lipinski definition) is 0. The summed E-state index contributed by atoms with van der Waals surface area (Å²) in [6.45, 7) is 4.06. The molecule has 2 heterocycles. The third kappa shape index (κ3) is 5.83. The molecule has 2 aliphatic heterocycles. The predicted octanol–water partition coefficient (Wildman–Crippen LogP) is 0.873. The van der Waals surface area contributed by atoms with Gasteiger partial charge in [-0.15, -0.1) is 0 Å². The molecule has 0 bridgehead atoms. The Morgan fingerprint density at radius 1 is 0.897 bits per heavy atom. The summed E-state index contributed by atoms with van der Waals surface area (Å²) in [7, 11) is -3.22. The molecule has 0 aliphatic carbocycles. The van der Waals surface area contributed by atoms with E-state index in [1.807, 2.05) is 24.3 Å². The van der Waals surface area contributed by atoms with Crippen molar-refractivity contribution >= 4 is 39.1 Å². The van der Waals surface area contributed by atoms with E-state index in [1.165, 1.54) is 10.6 Å². The molecule has 1 aromatic carbocycles. The number of carbonyl (C=O) groups is 2. The van der Waals surface area contributed by atoms with E-state index in [-0.39, 0.29) is 24.7 Å². The lowest BCUT2D eigenvalue weighted by Gasteiger charge is -2.36. The number of piperazine rings is 2. The van der Waals surface area contributed by atoms with Gasteiger partial charge in [0.2, 0.25) is 21.8 Å². The van der Waals surface area contributed by atoms with E-state index < -0.39 is 10.0 Å². The lowest BCUT2D eigenvalue weighted by Crippen LogP contribution is -2.51. The number of rotatable bonds is 5. The molecule has 2 fully saturated rings. The molecular formula is C19H27ClN4O4S. The second kappa shape index (κ2) is 9.32. The highest BCUT2D eigenvalue weighted by Gasteiger charge is 2.27. The summed E-state index contributed by atoms with van der Waals surface area (Å²) in [4.78, 5) is 30.5. The van der Waals surface area contributed by atoms with E-state index in [2.05, 4.69) is 4.90 Å². The van der Waals surface area contributed by atoms with Crippen molar-refractivity contribution in [2.75, 3.05) is 63.5 Å². The van der Waals surface area contributed by atoms with E-state index in [1.54, 1.807) is 9.80 Å². The summed E-state index contributed by atoms with van der Waals surface area (Å²) in [5.41, 5.74) is 1.05. The average Bonchev–Trinajstić information content (AvgIpc) is 2.71. The molecule has 10 heteroatoms. The van der Waals surface area contributed by atoms with Gasteiger partial charge in [-0.1, -0.05) is 17.7 Å². The molecule has 160 valence electrons. The van der Waals surface area contributed by atoms with Crippen molar-refractivity contribution in [3.05, 3.63) is 29.3 Å². The fraction of sp³-hybridized carbons (Fsp3) is 0.579. The molecule has 0 radical (unpaired) electrons. The molecule has 2 aliphatic rings. The van der Waals surface area contributed by atoms with Gasteiger partial charge in [-0.05, 0) is 18.2 Å². The van der Waals surface area contributed by atoms with Crippen LogP contribution in [0.5, 0.6) is 0 Å². The highest BCUT2D eigenvalue weighted by atomic mass is 35.5. The first-order valence-corrected chi connectivity index (χ1v) is 12.0. The summed E-state index contributed by atoms with van der Waals surface area (Å²) >= 11 is 6.05. The Labute approximate surface area is 177 Å². The fourth-order valence-corrected chi connectivity index (χ4v) is 4.70. The Hall–Kier alpha value is -1.84. The summed E-state index contributed by atoms with van der Waals surface area (Å²) in [6, 6.07) is 7.67. The topological polar surface area (TPSA) is 81.2 Å². The smallest absolute Gasteiger partial charge is 0.223 e. The molecule has 0 spiro atoms. The van der Waals surface area contributed by atoms with Gasteiger partial charge in [0.15, 0.2) is 0 Å². The van der Waals surface area contributed by atoms with E-state index >= 15 is 0 Å². The Balaban J connectivity index is 1.41. The van der Waals surface area contributed by atoms with E-state index in [4.69, 9.17) is 11.6 Å². The van der Waals surface area contributed by atoms with Crippen LogP contribution < -0.4 is 4.90 Å². The first-order chi connectivity index (χ1) is 13.7. The molecular weight excluding hydrogens is 416 g/mol. The molecule has 0 aromatic heterocycles. The van der Waals surface area contributed by atoms with Crippen LogP contribution in [0, 0.1) is 0 Å². The maximum Gasteiger partial charge on any atom is 0.223 e. The third-order valence-electron chi connectivity index (χ3n) is 5.42. The number of nitrogens with zero attached hydrogens (tertiary/aromatic N) is 4. The Kier molecular flexibility index (Phi) is 7.02. The van der Waals surface area contributed by atoms with Crippen LogP contribution >= 0.6 is 11.6 Å². The summed E-state index contributed by atoms with van der Waals surface area (Å²) in [5.74, 6) is -0.108. The van der Waals surface area contributed by atoms with Crippen LogP contribution in [-0.2, 0) is 19.6 Å². The van der Waals surface area contributed by atoms with Crippen LogP contribution in [0.1, 0.15) is 12.8 Å². The number of benzene rings is 1. The van der Waals surface area contributed by atoms with Crippen molar-refractivity contribution in [2.24, 2.45) is 0 Å². The monoisotopic (exact) mass is 442 g/mol. The van der Waals surface area contributed by atoms with E-state index in [9.17, 15) is 18.0 Å². The summed E-state index contributed by atoms with van der Waals surface area (Å²) in [5, 5.41) is 0.692. The molecule has 0 N–H and O–H groups in total. The zero-order valence-corrected chi connectivity index (χ0v) is 18.2. The van der Waals surface area contributed by atoms with Crippen LogP contribution in [0.25, 0.3) is 0 Å². The number of sulfonamides is 1. The van der Waals surface area contributed by atoms with Crippen molar-refractivity contribution in [1.29, 1.82) is 0 Å². The number of halogens is 1. The lowest BCUT2D eigenvalue weighted by atomic mass is 10.2. The number of hydrogen-bond acceptors (Lipinski definition) is 5. The van der Waals surface area contributed by atoms with Crippen molar-refractivity contribution in [1.82, 2.24) is 14.1 Å². The summed E-state index contributed by atoms with van der Waals surface area (Å²) in [6.07, 6.45) is 1.52. The molecule has 8 nitrogen and oxygen atoms in total. The van der Waals surface area contributed by atoms with Crippen LogP contribution in [0.3, 0.4) is 0 Å². The Morgan fingerprint density at radius 3 is 1.90 bits per heavy atom. The van der Waals surface area contributed by atoms with Crippen LogP contribution in [0.15, 0.2) is 24.3 Å². The second-order valence-corrected chi connectivity index (χ2v) is 9.81. The minimum atomic E-state index is -3.22. The van der Waals surface area contributed by atoms with Gasteiger partial charge in [0.1, 0.15) is 0 Å². The average molecular weight is 443 g/mol. The predicted molar refractivity (Wildman–Crippen MR) is 112 cm³/mol. The minimum Gasteiger partial charge on any atom is -0.368 e. The molecule has 2 saturated heterocycles. The van der Waals surface area contributed by atoms with Crippen LogP contribution in [-0.4, -0.2) is 93.0 Å². The zero-order chi connectivity index (χ0) is 21.0. The van der Waals surface area contributed by atoms with Gasteiger partial charge in [0, 0.05) is 75.9 Å². The lowest BCUT2D eigenvalue weighted by molar-refractivity contribution is -0.137. The van der Waals surface area contributed by atoms with E-state index in [0.717, 1.165) is 18.8 Å².